The summed E-state index contributed by atoms with van der Waals surface area (Å²) in [4.78, 5) is 19.9. The van der Waals surface area contributed by atoms with E-state index in [1.165, 1.54) is 25.9 Å². The Morgan fingerprint density at radius 3 is 2.55 bits per heavy atom. The number of carbonyl (C=O) groups is 1. The number of hydrogen-bond donors (Lipinski definition) is 0. The predicted octanol–water partition coefficient (Wildman–Crippen LogP) is 3.42. The maximum absolute atomic E-state index is 15.2. The molecule has 0 saturated carbocycles. The Balaban J connectivity index is 1.31. The van der Waals surface area contributed by atoms with Crippen LogP contribution < -0.4 is 9.80 Å². The average Bonchev–Trinajstić information content (AvgIpc) is 3.43. The van der Waals surface area contributed by atoms with Crippen LogP contribution in [0.3, 0.4) is 0 Å². The minimum absolute atomic E-state index is 0.0916. The summed E-state index contributed by atoms with van der Waals surface area (Å²) < 4.78 is 20.6. The Kier molecular flexibility index (Phi) is 5.25. The highest BCUT2D eigenvalue weighted by atomic mass is 19.1. The molecule has 1 aromatic rings. The van der Waals surface area contributed by atoms with Crippen molar-refractivity contribution >= 4 is 17.3 Å². The molecule has 0 aliphatic carbocycles. The second-order valence-corrected chi connectivity index (χ2v) is 9.22. The van der Waals surface area contributed by atoms with Crippen molar-refractivity contribution in [3.05, 3.63) is 24.0 Å². The van der Waals surface area contributed by atoms with Crippen molar-refractivity contribution in [3.8, 4) is 0 Å². The highest BCUT2D eigenvalue weighted by molar-refractivity contribution is 5.98. The monoisotopic (exact) mass is 401 g/mol. The molecule has 4 fully saturated rings. The van der Waals surface area contributed by atoms with Gasteiger partial charge in [0, 0.05) is 44.6 Å². The van der Waals surface area contributed by atoms with Crippen molar-refractivity contribution in [1.82, 2.24) is 4.90 Å². The Morgan fingerprint density at radius 1 is 1.00 bits per heavy atom. The molecule has 4 heterocycles. The molecule has 4 aliphatic rings. The maximum Gasteiger partial charge on any atom is 0.233 e. The molecule has 0 N–H and O–H groups in total. The van der Waals surface area contributed by atoms with Crippen LogP contribution in [0.4, 0.5) is 15.8 Å². The van der Waals surface area contributed by atoms with Crippen molar-refractivity contribution in [2.24, 2.45) is 5.41 Å². The van der Waals surface area contributed by atoms with Crippen LogP contribution in [-0.2, 0) is 9.53 Å². The number of rotatable bonds is 3. The van der Waals surface area contributed by atoms with Gasteiger partial charge in [-0.3, -0.25) is 9.69 Å². The zero-order chi connectivity index (χ0) is 19.8. The lowest BCUT2D eigenvalue weighted by molar-refractivity contribution is -0.136. The van der Waals surface area contributed by atoms with E-state index in [0.29, 0.717) is 31.5 Å². The number of benzene rings is 1. The topological polar surface area (TPSA) is 36.0 Å². The number of halogens is 1. The van der Waals surface area contributed by atoms with Crippen LogP contribution in [-0.4, -0.2) is 62.8 Å². The quantitative estimate of drug-likeness (QED) is 0.778. The first-order chi connectivity index (χ1) is 14.2. The fraction of sp³-hybridized carbons (Fsp3) is 0.696. The van der Waals surface area contributed by atoms with Crippen LogP contribution in [0.5, 0.6) is 0 Å². The number of anilines is 2. The van der Waals surface area contributed by atoms with Gasteiger partial charge in [-0.25, -0.2) is 4.39 Å². The summed E-state index contributed by atoms with van der Waals surface area (Å²) in [5, 5.41) is 0. The molecule has 5 rings (SSSR count). The molecule has 1 atom stereocenters. The molecule has 158 valence electrons. The van der Waals surface area contributed by atoms with Crippen LogP contribution in [0.2, 0.25) is 0 Å². The number of amides is 1. The average molecular weight is 402 g/mol. The van der Waals surface area contributed by atoms with E-state index in [4.69, 9.17) is 4.74 Å². The number of likely N-dealkylation sites (tertiary alicyclic amines) is 1. The normalized spacial score (nSPS) is 27.9. The minimum Gasteiger partial charge on any atom is -0.381 e. The Hall–Kier alpha value is -1.66. The van der Waals surface area contributed by atoms with Gasteiger partial charge in [0.15, 0.2) is 0 Å². The summed E-state index contributed by atoms with van der Waals surface area (Å²) in [6.07, 6.45) is 7.10. The molecule has 29 heavy (non-hydrogen) atoms. The summed E-state index contributed by atoms with van der Waals surface area (Å²) in [7, 11) is 0. The van der Waals surface area contributed by atoms with E-state index in [1.807, 2.05) is 12.1 Å². The zero-order valence-corrected chi connectivity index (χ0v) is 17.2. The lowest BCUT2D eigenvalue weighted by Gasteiger charge is -2.43. The molecule has 4 aliphatic heterocycles. The molecular weight excluding hydrogens is 369 g/mol. The number of hydrogen-bond acceptors (Lipinski definition) is 4. The minimum atomic E-state index is -0.348. The van der Waals surface area contributed by atoms with Crippen LogP contribution in [0, 0.1) is 11.2 Å². The number of carbonyl (C=O) groups excluding carboxylic acids is 1. The summed E-state index contributed by atoms with van der Waals surface area (Å²) >= 11 is 0. The van der Waals surface area contributed by atoms with Gasteiger partial charge in [0.2, 0.25) is 5.91 Å². The molecule has 0 aromatic heterocycles. The molecule has 0 radical (unpaired) electrons. The standard InChI is InChI=1S/C23H32FN3O2/c24-20-16-18(26-13-6-19(17-26)25-10-1-2-11-25)4-5-21(20)27-12-3-7-23(22(27)28)8-14-29-15-9-23/h4-5,16,19H,1-3,6-15,17H2/t19-/m0/s1. The SMILES string of the molecule is O=C1N(c2ccc(N3CC[C@H](N4CCCC4)C3)cc2F)CCCC12CCOCC2. The van der Waals surface area contributed by atoms with Gasteiger partial charge in [-0.05, 0) is 76.2 Å². The third-order valence-corrected chi connectivity index (χ3v) is 7.59. The molecule has 1 aromatic carbocycles. The third kappa shape index (κ3) is 3.55. The van der Waals surface area contributed by atoms with E-state index in [0.717, 1.165) is 50.9 Å². The van der Waals surface area contributed by atoms with Crippen LogP contribution in [0.25, 0.3) is 0 Å². The van der Waals surface area contributed by atoms with E-state index < -0.39 is 0 Å². The largest absolute Gasteiger partial charge is 0.381 e. The molecule has 4 saturated heterocycles. The summed E-state index contributed by atoms with van der Waals surface area (Å²) in [5.74, 6) is -0.182. The van der Waals surface area contributed by atoms with E-state index >= 15 is 4.39 Å². The van der Waals surface area contributed by atoms with E-state index in [-0.39, 0.29) is 17.1 Å². The van der Waals surface area contributed by atoms with E-state index in [2.05, 4.69) is 9.80 Å². The van der Waals surface area contributed by atoms with E-state index in [1.54, 1.807) is 11.0 Å². The highest BCUT2D eigenvalue weighted by Crippen LogP contribution is 2.42. The van der Waals surface area contributed by atoms with Crippen molar-refractivity contribution in [2.45, 2.75) is 51.0 Å². The van der Waals surface area contributed by atoms with Gasteiger partial charge in [-0.15, -0.1) is 0 Å². The van der Waals surface area contributed by atoms with Crippen LogP contribution >= 0.6 is 0 Å². The molecule has 1 amide bonds. The Bertz CT molecular complexity index is 753. The summed E-state index contributed by atoms with van der Waals surface area (Å²) in [6, 6.07) is 6.06. The first-order valence-electron chi connectivity index (χ1n) is 11.3. The fourth-order valence-electron chi connectivity index (χ4n) is 5.82. The second kappa shape index (κ2) is 7.88. The highest BCUT2D eigenvalue weighted by Gasteiger charge is 2.45. The van der Waals surface area contributed by atoms with Crippen LogP contribution in [0.1, 0.15) is 44.9 Å². The third-order valence-electron chi connectivity index (χ3n) is 7.59. The maximum atomic E-state index is 15.2. The molecular formula is C23H32FN3O2. The molecule has 6 heteroatoms. The number of ether oxygens (including phenoxy) is 1. The van der Waals surface area contributed by atoms with Crippen molar-refractivity contribution in [2.75, 3.05) is 55.7 Å². The summed E-state index contributed by atoms with van der Waals surface area (Å²) in [5.41, 5.74) is 1.04. The second-order valence-electron chi connectivity index (χ2n) is 9.22. The van der Waals surface area contributed by atoms with Crippen LogP contribution in [0.15, 0.2) is 18.2 Å². The lowest BCUT2D eigenvalue weighted by Crippen LogP contribution is -2.51. The first-order valence-corrected chi connectivity index (χ1v) is 11.3. The summed E-state index contributed by atoms with van der Waals surface area (Å²) in [6.45, 7) is 6.24. The van der Waals surface area contributed by atoms with Crippen molar-refractivity contribution in [1.29, 1.82) is 0 Å². The smallest absolute Gasteiger partial charge is 0.233 e. The Labute approximate surface area is 172 Å². The predicted molar refractivity (Wildman–Crippen MR) is 112 cm³/mol. The molecule has 0 bridgehead atoms. The Morgan fingerprint density at radius 2 is 1.79 bits per heavy atom. The zero-order valence-electron chi connectivity index (χ0n) is 17.2. The van der Waals surface area contributed by atoms with Gasteiger partial charge < -0.3 is 14.5 Å². The molecule has 5 nitrogen and oxygen atoms in total. The number of nitrogens with zero attached hydrogens (tertiary/aromatic N) is 3. The van der Waals surface area contributed by atoms with Gasteiger partial charge in [-0.2, -0.15) is 0 Å². The van der Waals surface area contributed by atoms with Gasteiger partial charge in [-0.1, -0.05) is 0 Å². The van der Waals surface area contributed by atoms with Gasteiger partial charge in [0.25, 0.3) is 0 Å². The molecule has 0 unspecified atom stereocenters. The molecule has 1 spiro atoms. The van der Waals surface area contributed by atoms with Gasteiger partial charge >= 0.3 is 0 Å². The van der Waals surface area contributed by atoms with Gasteiger partial charge in [0.05, 0.1) is 11.1 Å². The van der Waals surface area contributed by atoms with Gasteiger partial charge in [0.1, 0.15) is 5.82 Å². The fourth-order valence-corrected chi connectivity index (χ4v) is 5.82. The number of piperidine rings is 1. The van der Waals surface area contributed by atoms with Crippen molar-refractivity contribution in [3.63, 3.8) is 0 Å². The van der Waals surface area contributed by atoms with Crippen molar-refractivity contribution < 1.29 is 13.9 Å². The van der Waals surface area contributed by atoms with E-state index in [9.17, 15) is 4.79 Å². The first kappa shape index (κ1) is 19.3. The lowest BCUT2D eigenvalue weighted by atomic mass is 9.73.